The Morgan fingerprint density at radius 1 is 1.28 bits per heavy atom. The molecule has 1 unspecified atom stereocenters. The van der Waals surface area contributed by atoms with Crippen molar-refractivity contribution >= 4 is 22.4 Å². The van der Waals surface area contributed by atoms with Gasteiger partial charge in [0, 0.05) is 18.6 Å². The Balaban J connectivity index is 0.00000120. The minimum absolute atomic E-state index is 0. The number of nitrogens with zero attached hydrogens (tertiary/aromatic N) is 1. The summed E-state index contributed by atoms with van der Waals surface area (Å²) in [6.45, 7) is 1.64. The number of rotatable bonds is 4. The maximum Gasteiger partial charge on any atom is 0.276 e. The number of halogens is 1. The van der Waals surface area contributed by atoms with Gasteiger partial charge in [0.15, 0.2) is 0 Å². The van der Waals surface area contributed by atoms with Crippen molar-refractivity contribution < 1.29 is 12.8 Å². The lowest BCUT2D eigenvalue weighted by Crippen LogP contribution is -2.42. The number of furan rings is 1. The van der Waals surface area contributed by atoms with E-state index < -0.39 is 10.0 Å². The largest absolute Gasteiger partial charge is 0.452 e. The van der Waals surface area contributed by atoms with Gasteiger partial charge in [-0.2, -0.15) is 4.31 Å². The Hall–Kier alpha value is -0.560. The minimum Gasteiger partial charge on any atom is -0.452 e. The molecule has 5 nitrogen and oxygen atoms in total. The van der Waals surface area contributed by atoms with E-state index in [2.05, 4.69) is 5.32 Å². The maximum absolute atomic E-state index is 12.5. The molecule has 0 aromatic carbocycles. The fraction of sp³-hybridized carbons (Fsp3) is 0.636. The monoisotopic (exact) mass is 292 g/mol. The third-order valence-corrected chi connectivity index (χ3v) is 5.22. The first-order chi connectivity index (χ1) is 8.19. The van der Waals surface area contributed by atoms with Crippen LogP contribution < -0.4 is 5.32 Å². The van der Waals surface area contributed by atoms with E-state index in [1.54, 1.807) is 10.4 Å². The molecule has 0 amide bonds. The van der Waals surface area contributed by atoms with Gasteiger partial charge < -0.3 is 9.73 Å². The van der Waals surface area contributed by atoms with Crippen LogP contribution in [0.3, 0.4) is 0 Å². The van der Waals surface area contributed by atoms with Crippen molar-refractivity contribution in [3.05, 3.63) is 18.4 Å². The number of nitrogens with one attached hydrogen (secondary N) is 1. The van der Waals surface area contributed by atoms with Gasteiger partial charge in [-0.15, -0.1) is 12.4 Å². The molecule has 102 valence electrons. The van der Waals surface area contributed by atoms with Gasteiger partial charge in [0.05, 0.1) is 6.26 Å². The van der Waals surface area contributed by atoms with Crippen LogP contribution in [0.5, 0.6) is 0 Å². The summed E-state index contributed by atoms with van der Waals surface area (Å²) in [5.74, 6) is 0. The quantitative estimate of drug-likeness (QED) is 0.906. The van der Waals surface area contributed by atoms with Crippen molar-refractivity contribution in [2.45, 2.75) is 36.4 Å². The van der Waals surface area contributed by atoms with E-state index in [0.717, 1.165) is 32.4 Å². The van der Waals surface area contributed by atoms with Crippen molar-refractivity contribution in [1.82, 2.24) is 9.62 Å². The van der Waals surface area contributed by atoms with Crippen LogP contribution in [0.25, 0.3) is 0 Å². The number of sulfonamides is 1. The molecule has 0 spiro atoms. The Bertz CT molecular complexity index is 478. The van der Waals surface area contributed by atoms with Crippen molar-refractivity contribution in [1.29, 1.82) is 0 Å². The molecule has 3 rings (SSSR count). The Kier molecular flexibility index (Phi) is 4.01. The van der Waals surface area contributed by atoms with E-state index >= 15 is 0 Å². The lowest BCUT2D eigenvalue weighted by Gasteiger charge is -2.26. The molecule has 0 bridgehead atoms. The SMILES string of the molecule is Cl.O=S(=O)(c1ccco1)N(C1CC1)C1CCNC1. The van der Waals surface area contributed by atoms with Crippen LogP contribution in [0.15, 0.2) is 27.9 Å². The van der Waals surface area contributed by atoms with E-state index in [1.807, 2.05) is 0 Å². The first-order valence-electron chi connectivity index (χ1n) is 5.97. The average molecular weight is 293 g/mol. The van der Waals surface area contributed by atoms with E-state index in [1.165, 1.54) is 12.3 Å². The van der Waals surface area contributed by atoms with Crippen molar-refractivity contribution in [3.8, 4) is 0 Å². The second-order valence-corrected chi connectivity index (χ2v) is 6.42. The molecule has 1 saturated heterocycles. The highest BCUT2D eigenvalue weighted by molar-refractivity contribution is 7.89. The van der Waals surface area contributed by atoms with Crippen LogP contribution in [0.2, 0.25) is 0 Å². The number of hydrogen-bond acceptors (Lipinski definition) is 4. The first kappa shape index (κ1) is 13.9. The van der Waals surface area contributed by atoms with E-state index in [9.17, 15) is 8.42 Å². The van der Waals surface area contributed by atoms with Crippen LogP contribution in [0, 0.1) is 0 Å². The van der Waals surface area contributed by atoms with Crippen LogP contribution >= 0.6 is 12.4 Å². The van der Waals surface area contributed by atoms with Crippen molar-refractivity contribution in [2.24, 2.45) is 0 Å². The molecule has 18 heavy (non-hydrogen) atoms. The molecule has 1 aromatic rings. The van der Waals surface area contributed by atoms with Crippen LogP contribution in [-0.2, 0) is 10.0 Å². The summed E-state index contributed by atoms with van der Waals surface area (Å²) in [4.78, 5) is 0. The lowest BCUT2D eigenvalue weighted by molar-refractivity contribution is 0.313. The molecule has 1 aromatic heterocycles. The van der Waals surface area contributed by atoms with Gasteiger partial charge in [0.25, 0.3) is 10.0 Å². The maximum atomic E-state index is 12.5. The summed E-state index contributed by atoms with van der Waals surface area (Å²) in [5, 5.41) is 3.28. The second kappa shape index (κ2) is 5.21. The van der Waals surface area contributed by atoms with E-state index in [0.29, 0.717) is 0 Å². The van der Waals surface area contributed by atoms with Gasteiger partial charge in [-0.3, -0.25) is 0 Å². The Morgan fingerprint density at radius 3 is 2.56 bits per heavy atom. The van der Waals surface area contributed by atoms with Crippen molar-refractivity contribution in [2.75, 3.05) is 13.1 Å². The van der Waals surface area contributed by atoms with E-state index in [4.69, 9.17) is 4.42 Å². The molecule has 1 aliphatic heterocycles. The van der Waals surface area contributed by atoms with E-state index in [-0.39, 0.29) is 29.6 Å². The summed E-state index contributed by atoms with van der Waals surface area (Å²) in [6.07, 6.45) is 4.23. The molecule has 2 fully saturated rings. The first-order valence-corrected chi connectivity index (χ1v) is 7.41. The summed E-state index contributed by atoms with van der Waals surface area (Å²) in [5.41, 5.74) is 0. The topological polar surface area (TPSA) is 62.6 Å². The molecule has 1 N–H and O–H groups in total. The van der Waals surface area contributed by atoms with Gasteiger partial charge in [0.1, 0.15) is 0 Å². The summed E-state index contributed by atoms with van der Waals surface area (Å²) >= 11 is 0. The average Bonchev–Trinajstić information content (AvgIpc) is 2.83. The van der Waals surface area contributed by atoms with Gasteiger partial charge in [0.2, 0.25) is 5.09 Å². The Labute approximate surface area is 113 Å². The van der Waals surface area contributed by atoms with Crippen LogP contribution in [0.4, 0.5) is 0 Å². The van der Waals surface area contributed by atoms with Crippen LogP contribution in [0.1, 0.15) is 19.3 Å². The highest BCUT2D eigenvalue weighted by Crippen LogP contribution is 2.35. The molecular weight excluding hydrogens is 276 g/mol. The zero-order valence-corrected chi connectivity index (χ0v) is 11.5. The molecule has 0 radical (unpaired) electrons. The van der Waals surface area contributed by atoms with Gasteiger partial charge in [-0.1, -0.05) is 0 Å². The second-order valence-electron chi connectivity index (χ2n) is 4.64. The fourth-order valence-electron chi connectivity index (χ4n) is 2.39. The van der Waals surface area contributed by atoms with Gasteiger partial charge >= 0.3 is 0 Å². The Morgan fingerprint density at radius 2 is 2.06 bits per heavy atom. The third-order valence-electron chi connectivity index (χ3n) is 3.33. The molecule has 1 atom stereocenters. The smallest absolute Gasteiger partial charge is 0.276 e. The summed E-state index contributed by atoms with van der Waals surface area (Å²) in [6, 6.07) is 3.39. The summed E-state index contributed by atoms with van der Waals surface area (Å²) < 4.78 is 31.7. The molecule has 2 heterocycles. The fourth-order valence-corrected chi connectivity index (χ4v) is 4.20. The zero-order valence-electron chi connectivity index (χ0n) is 9.91. The summed E-state index contributed by atoms with van der Waals surface area (Å²) in [7, 11) is -3.45. The van der Waals surface area contributed by atoms with Gasteiger partial charge in [-0.25, -0.2) is 8.42 Å². The highest BCUT2D eigenvalue weighted by Gasteiger charge is 2.44. The zero-order chi connectivity index (χ0) is 11.9. The normalized spacial score (nSPS) is 24.2. The highest BCUT2D eigenvalue weighted by atomic mass is 35.5. The van der Waals surface area contributed by atoms with Crippen LogP contribution in [-0.4, -0.2) is 37.9 Å². The van der Waals surface area contributed by atoms with Gasteiger partial charge in [-0.05, 0) is 37.9 Å². The molecular formula is C11H17ClN2O3S. The molecule has 2 aliphatic rings. The predicted molar refractivity (Wildman–Crippen MR) is 69.3 cm³/mol. The lowest BCUT2D eigenvalue weighted by atomic mass is 10.2. The minimum atomic E-state index is -3.45. The molecule has 7 heteroatoms. The standard InChI is InChI=1S/C11H16N2O3S.ClH/c14-17(15,11-2-1-7-16-11)13(9-3-4-9)10-5-6-12-8-10;/h1-2,7,9-10,12H,3-6,8H2;1H. The molecule has 1 aliphatic carbocycles. The third kappa shape index (κ3) is 2.42. The number of hydrogen-bond donors (Lipinski definition) is 1. The predicted octanol–water partition coefficient (Wildman–Crippen LogP) is 1.22. The molecule has 1 saturated carbocycles. The van der Waals surface area contributed by atoms with Crippen molar-refractivity contribution in [3.63, 3.8) is 0 Å².